The number of para-hydroxylation sites is 1. The summed E-state index contributed by atoms with van der Waals surface area (Å²) in [6.07, 6.45) is -0.302. The lowest BCUT2D eigenvalue weighted by molar-refractivity contribution is -0.0328. The van der Waals surface area contributed by atoms with Gasteiger partial charge in [-0.25, -0.2) is 4.39 Å². The predicted octanol–water partition coefficient (Wildman–Crippen LogP) is 4.31. The van der Waals surface area contributed by atoms with Crippen molar-refractivity contribution in [1.82, 2.24) is 4.90 Å². The molecular formula is C16H16F4N2O2S. The minimum absolute atomic E-state index is 0.127. The van der Waals surface area contributed by atoms with Crippen LogP contribution in [0.25, 0.3) is 11.0 Å². The van der Waals surface area contributed by atoms with Gasteiger partial charge in [-0.15, -0.1) is 0 Å². The summed E-state index contributed by atoms with van der Waals surface area (Å²) in [7, 11) is 1.83. The van der Waals surface area contributed by atoms with Crippen LogP contribution in [0, 0.1) is 0 Å². The molecule has 0 amide bonds. The Morgan fingerprint density at radius 3 is 2.80 bits per heavy atom. The van der Waals surface area contributed by atoms with Gasteiger partial charge in [0.05, 0.1) is 16.6 Å². The van der Waals surface area contributed by atoms with E-state index in [0.29, 0.717) is 18.7 Å². The number of anilines is 1. The number of fused-ring (bicyclic) bond motifs is 1. The maximum Gasteiger partial charge on any atom is 0.446 e. The number of aldehydes is 1. The SMILES string of the molecule is CN1CC[C@@H](Nc2cccc3c(SC(F)(F)F)c(C=O)oc23)[C@@H](F)C1. The molecule has 0 saturated carbocycles. The Hall–Kier alpha value is -1.74. The number of rotatable bonds is 4. The molecule has 1 aromatic heterocycles. The largest absolute Gasteiger partial charge is 0.450 e. The smallest absolute Gasteiger partial charge is 0.446 e. The first kappa shape index (κ1) is 18.1. The van der Waals surface area contributed by atoms with Crippen LogP contribution in [-0.2, 0) is 0 Å². The van der Waals surface area contributed by atoms with Gasteiger partial charge in [0, 0.05) is 18.5 Å². The fourth-order valence-corrected chi connectivity index (χ4v) is 3.64. The van der Waals surface area contributed by atoms with E-state index >= 15 is 0 Å². The van der Waals surface area contributed by atoms with Gasteiger partial charge in [-0.3, -0.25) is 4.79 Å². The van der Waals surface area contributed by atoms with E-state index in [-0.39, 0.29) is 46.2 Å². The number of nitrogens with zero attached hydrogens (tertiary/aromatic N) is 1. The van der Waals surface area contributed by atoms with E-state index < -0.39 is 17.7 Å². The second-order valence-corrected chi connectivity index (χ2v) is 7.04. The van der Waals surface area contributed by atoms with E-state index in [1.165, 1.54) is 6.07 Å². The molecule has 9 heteroatoms. The van der Waals surface area contributed by atoms with E-state index in [2.05, 4.69) is 5.32 Å². The third-order valence-electron chi connectivity index (χ3n) is 4.11. The number of carbonyl (C=O) groups excluding carboxylic acids is 1. The fraction of sp³-hybridized carbons (Fsp3) is 0.438. The number of thioether (sulfide) groups is 1. The van der Waals surface area contributed by atoms with Crippen molar-refractivity contribution in [3.63, 3.8) is 0 Å². The molecule has 3 rings (SSSR count). The predicted molar refractivity (Wildman–Crippen MR) is 87.9 cm³/mol. The zero-order valence-electron chi connectivity index (χ0n) is 13.3. The molecule has 1 aromatic carbocycles. The second-order valence-electron chi connectivity index (χ2n) is 5.96. The maximum atomic E-state index is 14.2. The molecule has 1 aliphatic rings. The number of hydrogen-bond donors (Lipinski definition) is 1. The average molecular weight is 376 g/mol. The molecule has 1 N–H and O–H groups in total. The number of hydrogen-bond acceptors (Lipinski definition) is 5. The molecule has 1 aliphatic heterocycles. The monoisotopic (exact) mass is 376 g/mol. The van der Waals surface area contributed by atoms with E-state index in [1.54, 1.807) is 12.1 Å². The van der Waals surface area contributed by atoms with E-state index in [4.69, 9.17) is 4.42 Å². The van der Waals surface area contributed by atoms with Crippen molar-refractivity contribution < 1.29 is 26.8 Å². The molecule has 2 aromatic rings. The highest BCUT2D eigenvalue weighted by Crippen LogP contribution is 2.44. The molecule has 2 heterocycles. The van der Waals surface area contributed by atoms with E-state index in [0.717, 1.165) is 0 Å². The van der Waals surface area contributed by atoms with Gasteiger partial charge in [-0.2, -0.15) is 13.2 Å². The van der Waals surface area contributed by atoms with Gasteiger partial charge >= 0.3 is 5.51 Å². The van der Waals surface area contributed by atoms with E-state index in [9.17, 15) is 22.4 Å². The van der Waals surface area contributed by atoms with Crippen molar-refractivity contribution in [1.29, 1.82) is 0 Å². The highest BCUT2D eigenvalue weighted by molar-refractivity contribution is 8.00. The lowest BCUT2D eigenvalue weighted by Crippen LogP contribution is -2.46. The Morgan fingerprint density at radius 2 is 2.16 bits per heavy atom. The van der Waals surface area contributed by atoms with Gasteiger partial charge in [0.2, 0.25) is 0 Å². The molecule has 0 bridgehead atoms. The molecule has 0 spiro atoms. The third-order valence-corrected chi connectivity index (χ3v) is 4.96. The topological polar surface area (TPSA) is 45.5 Å². The first-order chi connectivity index (χ1) is 11.8. The summed E-state index contributed by atoms with van der Waals surface area (Å²) in [4.78, 5) is 12.7. The van der Waals surface area contributed by atoms with Gasteiger partial charge in [0.25, 0.3) is 0 Å². The van der Waals surface area contributed by atoms with Gasteiger partial charge in [0.1, 0.15) is 6.17 Å². The molecule has 1 saturated heterocycles. The van der Waals surface area contributed by atoms with Crippen LogP contribution < -0.4 is 5.32 Å². The molecular weight excluding hydrogens is 360 g/mol. The van der Waals surface area contributed by atoms with Gasteiger partial charge in [-0.1, -0.05) is 6.07 Å². The number of likely N-dealkylation sites (tertiary alicyclic amines) is 1. The van der Waals surface area contributed by atoms with Crippen LogP contribution in [0.4, 0.5) is 23.2 Å². The number of piperidine rings is 1. The van der Waals surface area contributed by atoms with Crippen LogP contribution in [0.15, 0.2) is 27.5 Å². The van der Waals surface area contributed by atoms with Crippen molar-refractivity contribution in [3.8, 4) is 0 Å². The van der Waals surface area contributed by atoms with Crippen molar-refractivity contribution in [2.75, 3.05) is 25.5 Å². The minimum Gasteiger partial charge on any atom is -0.450 e. The number of alkyl halides is 4. The molecule has 136 valence electrons. The number of furan rings is 1. The van der Waals surface area contributed by atoms with Crippen LogP contribution in [0.5, 0.6) is 0 Å². The Morgan fingerprint density at radius 1 is 1.40 bits per heavy atom. The zero-order chi connectivity index (χ0) is 18.2. The summed E-state index contributed by atoms with van der Waals surface area (Å²) in [5, 5.41) is 3.20. The summed E-state index contributed by atoms with van der Waals surface area (Å²) in [5.41, 5.74) is -4.04. The summed E-state index contributed by atoms with van der Waals surface area (Å²) < 4.78 is 57.8. The van der Waals surface area contributed by atoms with E-state index in [1.807, 2.05) is 11.9 Å². The van der Waals surface area contributed by atoms with Crippen molar-refractivity contribution in [2.45, 2.75) is 29.0 Å². The van der Waals surface area contributed by atoms with Gasteiger partial charge < -0.3 is 14.6 Å². The Balaban J connectivity index is 1.96. The molecule has 0 radical (unpaired) electrons. The zero-order valence-corrected chi connectivity index (χ0v) is 14.1. The fourth-order valence-electron chi connectivity index (χ4n) is 2.95. The Kier molecular flexibility index (Phi) is 4.97. The molecule has 25 heavy (non-hydrogen) atoms. The van der Waals surface area contributed by atoms with Crippen molar-refractivity contribution >= 4 is 34.7 Å². The highest BCUT2D eigenvalue weighted by atomic mass is 32.2. The quantitative estimate of drug-likeness (QED) is 0.489. The van der Waals surface area contributed by atoms with Crippen LogP contribution in [-0.4, -0.2) is 49.0 Å². The van der Waals surface area contributed by atoms with Crippen LogP contribution >= 0.6 is 11.8 Å². The number of carbonyl (C=O) groups is 1. The number of benzene rings is 1. The standard InChI is InChI=1S/C16H16F4N2O2S/c1-22-6-5-11(10(17)7-22)21-12-4-2-3-9-14(12)24-13(8-23)15(9)25-16(18,19)20/h2-4,8,10-11,21H,5-7H2,1H3/t10-,11+/m0/s1. The lowest BCUT2D eigenvalue weighted by atomic mass is 10.0. The highest BCUT2D eigenvalue weighted by Gasteiger charge is 2.34. The molecule has 1 fully saturated rings. The summed E-state index contributed by atoms with van der Waals surface area (Å²) in [6, 6.07) is 4.14. The lowest BCUT2D eigenvalue weighted by Gasteiger charge is -2.33. The average Bonchev–Trinajstić information content (AvgIpc) is 2.87. The Labute approximate surface area is 145 Å². The van der Waals surface area contributed by atoms with Gasteiger partial charge in [-0.05, 0) is 37.4 Å². The summed E-state index contributed by atoms with van der Waals surface area (Å²) in [5.74, 6) is -0.383. The molecule has 4 nitrogen and oxygen atoms in total. The number of halogens is 4. The number of nitrogens with one attached hydrogen (secondary N) is 1. The van der Waals surface area contributed by atoms with Crippen LogP contribution in [0.3, 0.4) is 0 Å². The minimum atomic E-state index is -4.55. The van der Waals surface area contributed by atoms with Crippen molar-refractivity contribution in [3.05, 3.63) is 24.0 Å². The maximum absolute atomic E-state index is 14.2. The molecule has 0 unspecified atom stereocenters. The summed E-state index contributed by atoms with van der Waals surface area (Å²) in [6.45, 7) is 0.988. The van der Waals surface area contributed by atoms with Crippen molar-refractivity contribution in [2.24, 2.45) is 0 Å². The first-order valence-corrected chi connectivity index (χ1v) is 8.45. The first-order valence-electron chi connectivity index (χ1n) is 7.64. The van der Waals surface area contributed by atoms with Crippen LogP contribution in [0.1, 0.15) is 17.0 Å². The normalized spacial score (nSPS) is 22.3. The van der Waals surface area contributed by atoms with Crippen LogP contribution in [0.2, 0.25) is 0 Å². The molecule has 2 atom stereocenters. The van der Waals surface area contributed by atoms with Gasteiger partial charge in [0.15, 0.2) is 17.6 Å². The second kappa shape index (κ2) is 6.87. The Bertz CT molecular complexity index is 777. The summed E-state index contributed by atoms with van der Waals surface area (Å²) >= 11 is -0.390. The third kappa shape index (κ3) is 3.92. The molecule has 0 aliphatic carbocycles.